The summed E-state index contributed by atoms with van der Waals surface area (Å²) in [4.78, 5) is 0. The average Bonchev–Trinajstić information content (AvgIpc) is 2.80. The molecule has 3 N–H and O–H groups in total. The number of nitrogens with one attached hydrogen (secondary N) is 1. The first-order chi connectivity index (χ1) is 7.75. The molecular weight excluding hydrogens is 265 g/mol. The molecule has 2 rings (SSSR count). The minimum absolute atomic E-state index is 0.0922. The van der Waals surface area contributed by atoms with E-state index in [0.717, 1.165) is 11.0 Å². The van der Waals surface area contributed by atoms with E-state index in [4.69, 9.17) is 11.1 Å². The molecule has 0 saturated carbocycles. The summed E-state index contributed by atoms with van der Waals surface area (Å²) in [5.41, 5.74) is 7.75. The summed E-state index contributed by atoms with van der Waals surface area (Å²) in [5, 5.41) is 8.10. The van der Waals surface area contributed by atoms with E-state index in [1.807, 2.05) is 24.5 Å². The van der Waals surface area contributed by atoms with Crippen LogP contribution in [0.4, 0.5) is 0 Å². The van der Waals surface area contributed by atoms with Gasteiger partial charge in [0.25, 0.3) is 0 Å². The Balaban J connectivity index is 2.08. The van der Waals surface area contributed by atoms with Crippen molar-refractivity contribution in [2.75, 3.05) is 0 Å². The van der Waals surface area contributed by atoms with Gasteiger partial charge in [0.2, 0.25) is 0 Å². The van der Waals surface area contributed by atoms with E-state index < -0.39 is 0 Å². The number of benzene rings is 1. The third-order valence-electron chi connectivity index (χ3n) is 2.23. The molecule has 1 aromatic heterocycles. The van der Waals surface area contributed by atoms with Crippen molar-refractivity contribution < 1.29 is 0 Å². The Morgan fingerprint density at radius 3 is 2.38 bits per heavy atom. The molecule has 0 spiro atoms. The summed E-state index contributed by atoms with van der Waals surface area (Å²) in [5.74, 6) is 0. The molecule has 0 aliphatic carbocycles. The SMILES string of the molecule is N=C(N)[Se]Cc1ccc(-n2cccc2)cc1. The summed E-state index contributed by atoms with van der Waals surface area (Å²) < 4.78 is 2.38. The Labute approximate surface area is 101 Å². The summed E-state index contributed by atoms with van der Waals surface area (Å²) in [6.07, 6.45) is 4.04. The van der Waals surface area contributed by atoms with Crippen LogP contribution >= 0.6 is 0 Å². The van der Waals surface area contributed by atoms with Gasteiger partial charge in [0.15, 0.2) is 0 Å². The molecule has 0 atom stereocenters. The molecule has 0 fully saturated rings. The second-order valence-electron chi connectivity index (χ2n) is 3.41. The van der Waals surface area contributed by atoms with Crippen molar-refractivity contribution in [3.05, 3.63) is 54.4 Å². The van der Waals surface area contributed by atoms with Crippen LogP contribution in [0.3, 0.4) is 0 Å². The van der Waals surface area contributed by atoms with Crippen LogP contribution in [0.15, 0.2) is 48.8 Å². The standard InChI is InChI=1S/C12H13N3Se/c13-12(14)16-9-10-3-5-11(6-4-10)15-7-1-2-8-15/h1-8H,9H2,(H3,13,14). The number of amidine groups is 1. The molecule has 16 heavy (non-hydrogen) atoms. The van der Waals surface area contributed by atoms with Crippen molar-refractivity contribution >= 4 is 19.7 Å². The molecule has 1 aromatic carbocycles. The van der Waals surface area contributed by atoms with E-state index in [2.05, 4.69) is 28.8 Å². The molecular formula is C12H13N3Se. The van der Waals surface area contributed by atoms with Gasteiger partial charge < -0.3 is 0 Å². The van der Waals surface area contributed by atoms with Crippen molar-refractivity contribution in [1.29, 1.82) is 5.41 Å². The fraction of sp³-hybridized carbons (Fsp3) is 0.0833. The van der Waals surface area contributed by atoms with Crippen molar-refractivity contribution in [3.8, 4) is 5.69 Å². The first-order valence-electron chi connectivity index (χ1n) is 4.95. The van der Waals surface area contributed by atoms with E-state index in [-0.39, 0.29) is 15.0 Å². The molecule has 2 aromatic rings. The zero-order valence-electron chi connectivity index (χ0n) is 8.76. The van der Waals surface area contributed by atoms with E-state index in [1.54, 1.807) is 0 Å². The summed E-state index contributed by atoms with van der Waals surface area (Å²) in [7, 11) is 0. The topological polar surface area (TPSA) is 54.8 Å². The van der Waals surface area contributed by atoms with Gasteiger partial charge in [0.1, 0.15) is 0 Å². The molecule has 0 aliphatic heterocycles. The first kappa shape index (κ1) is 11.0. The molecule has 0 bridgehead atoms. The molecule has 0 unspecified atom stereocenters. The second kappa shape index (κ2) is 5.01. The Morgan fingerprint density at radius 2 is 1.81 bits per heavy atom. The minimum atomic E-state index is 0.0922. The van der Waals surface area contributed by atoms with E-state index in [1.165, 1.54) is 5.56 Å². The summed E-state index contributed by atoms with van der Waals surface area (Å²) >= 11 is 0.0922. The van der Waals surface area contributed by atoms with Gasteiger partial charge in [-0.3, -0.25) is 0 Å². The van der Waals surface area contributed by atoms with E-state index in [0.29, 0.717) is 4.73 Å². The fourth-order valence-corrected chi connectivity index (χ4v) is 2.51. The van der Waals surface area contributed by atoms with Crippen LogP contribution in [-0.4, -0.2) is 24.3 Å². The summed E-state index contributed by atoms with van der Waals surface area (Å²) in [6, 6.07) is 12.4. The maximum absolute atomic E-state index is 7.20. The van der Waals surface area contributed by atoms with Crippen LogP contribution in [0.5, 0.6) is 0 Å². The van der Waals surface area contributed by atoms with Crippen molar-refractivity contribution in [2.24, 2.45) is 5.73 Å². The quantitative estimate of drug-likeness (QED) is 0.498. The van der Waals surface area contributed by atoms with Crippen LogP contribution in [0, 0.1) is 5.41 Å². The van der Waals surface area contributed by atoms with Crippen LogP contribution < -0.4 is 5.73 Å². The Kier molecular flexibility index (Phi) is 3.44. The molecule has 4 heteroatoms. The van der Waals surface area contributed by atoms with Gasteiger partial charge in [-0.05, 0) is 0 Å². The fourth-order valence-electron chi connectivity index (χ4n) is 1.43. The molecule has 3 nitrogen and oxygen atoms in total. The third kappa shape index (κ3) is 2.75. The zero-order chi connectivity index (χ0) is 11.4. The first-order valence-corrected chi connectivity index (χ1v) is 7.01. The Hall–Kier alpha value is -1.51. The number of nitrogens with zero attached hydrogens (tertiary/aromatic N) is 1. The predicted molar refractivity (Wildman–Crippen MR) is 67.1 cm³/mol. The number of rotatable bonds is 4. The van der Waals surface area contributed by atoms with Crippen molar-refractivity contribution in [2.45, 2.75) is 5.32 Å². The normalized spacial score (nSPS) is 10.2. The number of hydrogen-bond acceptors (Lipinski definition) is 1. The monoisotopic (exact) mass is 279 g/mol. The average molecular weight is 278 g/mol. The van der Waals surface area contributed by atoms with Gasteiger partial charge in [-0.15, -0.1) is 0 Å². The molecule has 0 amide bonds. The van der Waals surface area contributed by atoms with Crippen molar-refractivity contribution in [3.63, 3.8) is 0 Å². The maximum atomic E-state index is 7.20. The molecule has 0 saturated heterocycles. The number of hydrogen-bond donors (Lipinski definition) is 2. The van der Waals surface area contributed by atoms with Crippen molar-refractivity contribution in [1.82, 2.24) is 4.57 Å². The molecule has 0 aliphatic rings. The van der Waals surface area contributed by atoms with Crippen LogP contribution in [0.1, 0.15) is 5.56 Å². The van der Waals surface area contributed by atoms with E-state index in [9.17, 15) is 0 Å². The van der Waals surface area contributed by atoms with Crippen LogP contribution in [0.25, 0.3) is 5.69 Å². The predicted octanol–water partition coefficient (Wildman–Crippen LogP) is 1.57. The third-order valence-corrected chi connectivity index (χ3v) is 3.89. The number of aromatic nitrogens is 1. The van der Waals surface area contributed by atoms with Gasteiger partial charge in [0, 0.05) is 0 Å². The van der Waals surface area contributed by atoms with Gasteiger partial charge in [-0.2, -0.15) is 0 Å². The van der Waals surface area contributed by atoms with Gasteiger partial charge in [-0.1, -0.05) is 0 Å². The van der Waals surface area contributed by atoms with E-state index >= 15 is 0 Å². The van der Waals surface area contributed by atoms with Gasteiger partial charge in [-0.25, -0.2) is 0 Å². The molecule has 0 radical (unpaired) electrons. The van der Waals surface area contributed by atoms with Gasteiger partial charge >= 0.3 is 101 Å². The Bertz CT molecular complexity index is 460. The van der Waals surface area contributed by atoms with Crippen LogP contribution in [-0.2, 0) is 5.32 Å². The van der Waals surface area contributed by atoms with Gasteiger partial charge in [0.05, 0.1) is 0 Å². The second-order valence-corrected chi connectivity index (χ2v) is 5.54. The Morgan fingerprint density at radius 1 is 1.19 bits per heavy atom. The number of nitrogens with two attached hydrogens (primary N) is 1. The molecule has 82 valence electrons. The zero-order valence-corrected chi connectivity index (χ0v) is 10.5. The molecule has 1 heterocycles. The van der Waals surface area contributed by atoms with Crippen LogP contribution in [0.2, 0.25) is 0 Å². The summed E-state index contributed by atoms with van der Waals surface area (Å²) in [6.45, 7) is 0.